The Hall–Kier alpha value is -2.72. The third-order valence-corrected chi connectivity index (χ3v) is 5.16. The summed E-state index contributed by atoms with van der Waals surface area (Å²) < 4.78 is 0. The van der Waals surface area contributed by atoms with E-state index in [4.69, 9.17) is 5.10 Å². The number of rotatable bonds is 4. The number of nitrogens with zero attached hydrogens (tertiary/aromatic N) is 3. The first-order valence-corrected chi connectivity index (χ1v) is 9.30. The van der Waals surface area contributed by atoms with Crippen molar-refractivity contribution >= 4 is 16.5 Å². The van der Waals surface area contributed by atoms with Crippen molar-refractivity contribution in [2.75, 3.05) is 26.2 Å². The van der Waals surface area contributed by atoms with Gasteiger partial charge in [0, 0.05) is 23.5 Å². The Labute approximate surface area is 154 Å². The van der Waals surface area contributed by atoms with Crippen LogP contribution in [-0.2, 0) is 6.54 Å². The van der Waals surface area contributed by atoms with Gasteiger partial charge in [0.05, 0.1) is 31.9 Å². The van der Waals surface area contributed by atoms with Crippen molar-refractivity contribution in [1.82, 2.24) is 9.99 Å². The lowest BCUT2D eigenvalue weighted by Crippen LogP contribution is -3.13. The molecule has 1 saturated heterocycles. The minimum Gasteiger partial charge on any atom is -0.328 e. The molecule has 4 nitrogen and oxygen atoms in total. The number of hydrogen-bond acceptors (Lipinski definition) is 3. The van der Waals surface area contributed by atoms with Crippen LogP contribution in [0.3, 0.4) is 0 Å². The van der Waals surface area contributed by atoms with Crippen LogP contribution in [0.4, 0.5) is 0 Å². The highest BCUT2D eigenvalue weighted by atomic mass is 15.5. The lowest BCUT2D eigenvalue weighted by molar-refractivity contribution is -0.918. The molecular weight excluding hydrogens is 320 g/mol. The molecule has 1 aliphatic heterocycles. The summed E-state index contributed by atoms with van der Waals surface area (Å²) >= 11 is 0. The van der Waals surface area contributed by atoms with E-state index in [1.807, 2.05) is 24.5 Å². The van der Waals surface area contributed by atoms with Gasteiger partial charge in [-0.15, -0.1) is 0 Å². The second-order valence-corrected chi connectivity index (χ2v) is 6.94. The largest absolute Gasteiger partial charge is 0.328 e. The second kappa shape index (κ2) is 7.67. The number of fused-ring (bicyclic) bond motifs is 1. The Bertz CT molecular complexity index is 891. The molecule has 0 spiro atoms. The van der Waals surface area contributed by atoms with Crippen molar-refractivity contribution in [3.8, 4) is 0 Å². The highest BCUT2D eigenvalue weighted by Gasteiger charge is 2.20. The molecule has 1 aliphatic rings. The van der Waals surface area contributed by atoms with Crippen molar-refractivity contribution in [1.29, 1.82) is 0 Å². The number of benzene rings is 2. The van der Waals surface area contributed by atoms with Crippen LogP contribution in [0, 0.1) is 0 Å². The molecule has 2 aromatic carbocycles. The number of quaternary nitrogens is 1. The summed E-state index contributed by atoms with van der Waals surface area (Å²) in [7, 11) is 0. The van der Waals surface area contributed by atoms with E-state index in [0.717, 1.165) is 44.0 Å². The number of nitrogens with one attached hydrogen (secondary N) is 1. The first-order chi connectivity index (χ1) is 12.8. The highest BCUT2D eigenvalue weighted by Crippen LogP contribution is 2.17. The number of aromatic nitrogens is 1. The topological polar surface area (TPSA) is 32.9 Å². The summed E-state index contributed by atoms with van der Waals surface area (Å²) in [5, 5.41) is 9.74. The maximum Gasteiger partial charge on any atom is 0.104 e. The van der Waals surface area contributed by atoms with Gasteiger partial charge in [-0.3, -0.25) is 9.99 Å². The Morgan fingerprint density at radius 2 is 1.73 bits per heavy atom. The molecule has 1 fully saturated rings. The normalized spacial score (nSPS) is 16.2. The molecule has 132 valence electrons. The Morgan fingerprint density at radius 3 is 2.54 bits per heavy atom. The van der Waals surface area contributed by atoms with Crippen molar-refractivity contribution in [2.24, 2.45) is 5.10 Å². The van der Waals surface area contributed by atoms with E-state index in [9.17, 15) is 0 Å². The quantitative estimate of drug-likeness (QED) is 0.737. The van der Waals surface area contributed by atoms with E-state index >= 15 is 0 Å². The first kappa shape index (κ1) is 16.7. The first-order valence-electron chi connectivity index (χ1n) is 9.30. The number of pyridine rings is 1. The smallest absolute Gasteiger partial charge is 0.104 e. The SMILES string of the molecule is C/C(=N/N1CC[NH+](Cc2cccc3ccccc23)CC1)c1ccncc1. The molecule has 2 heterocycles. The predicted molar refractivity (Wildman–Crippen MR) is 106 cm³/mol. The van der Waals surface area contributed by atoms with Gasteiger partial charge in [0.2, 0.25) is 0 Å². The zero-order chi connectivity index (χ0) is 17.8. The van der Waals surface area contributed by atoms with E-state index in [1.54, 1.807) is 4.90 Å². The second-order valence-electron chi connectivity index (χ2n) is 6.94. The maximum atomic E-state index is 4.81. The van der Waals surface area contributed by atoms with Gasteiger partial charge < -0.3 is 4.90 Å². The lowest BCUT2D eigenvalue weighted by Gasteiger charge is -2.31. The third-order valence-electron chi connectivity index (χ3n) is 5.16. The molecule has 3 aromatic rings. The van der Waals surface area contributed by atoms with Gasteiger partial charge in [-0.05, 0) is 29.8 Å². The van der Waals surface area contributed by atoms with Gasteiger partial charge >= 0.3 is 0 Å². The van der Waals surface area contributed by atoms with Crippen LogP contribution in [0.25, 0.3) is 10.8 Å². The third kappa shape index (κ3) is 3.75. The molecule has 0 radical (unpaired) electrons. The lowest BCUT2D eigenvalue weighted by atomic mass is 10.0. The summed E-state index contributed by atoms with van der Waals surface area (Å²) in [6, 6.07) is 19.4. The molecule has 4 rings (SSSR count). The fraction of sp³-hybridized carbons (Fsp3) is 0.273. The van der Waals surface area contributed by atoms with Gasteiger partial charge in [0.1, 0.15) is 6.54 Å². The van der Waals surface area contributed by atoms with Gasteiger partial charge in [0.25, 0.3) is 0 Å². The zero-order valence-electron chi connectivity index (χ0n) is 15.2. The fourth-order valence-electron chi connectivity index (χ4n) is 3.67. The van der Waals surface area contributed by atoms with Crippen LogP contribution in [0.5, 0.6) is 0 Å². The van der Waals surface area contributed by atoms with Crippen LogP contribution in [0.2, 0.25) is 0 Å². The Balaban J connectivity index is 1.39. The molecule has 4 heteroatoms. The van der Waals surface area contributed by atoms with E-state index in [0.29, 0.717) is 0 Å². The van der Waals surface area contributed by atoms with Crippen molar-refractivity contribution in [3.05, 3.63) is 78.1 Å². The summed E-state index contributed by atoms with van der Waals surface area (Å²) in [4.78, 5) is 5.71. The van der Waals surface area contributed by atoms with Crippen molar-refractivity contribution in [2.45, 2.75) is 13.5 Å². The minimum absolute atomic E-state index is 1.00. The van der Waals surface area contributed by atoms with Crippen LogP contribution in [-0.4, -0.2) is 41.9 Å². The highest BCUT2D eigenvalue weighted by molar-refractivity contribution is 5.98. The van der Waals surface area contributed by atoms with Crippen LogP contribution >= 0.6 is 0 Å². The molecule has 0 aliphatic carbocycles. The summed E-state index contributed by atoms with van der Waals surface area (Å²) in [6.07, 6.45) is 3.64. The van der Waals surface area contributed by atoms with Gasteiger partial charge in [-0.25, -0.2) is 0 Å². The average Bonchev–Trinajstić information content (AvgIpc) is 2.70. The molecule has 0 unspecified atom stereocenters. The molecule has 0 bridgehead atoms. The number of hydrazone groups is 1. The summed E-state index contributed by atoms with van der Waals surface area (Å²) in [5.74, 6) is 0. The average molecular weight is 345 g/mol. The zero-order valence-corrected chi connectivity index (χ0v) is 15.2. The number of hydrogen-bond donors (Lipinski definition) is 1. The van der Waals surface area contributed by atoms with E-state index < -0.39 is 0 Å². The van der Waals surface area contributed by atoms with Gasteiger partial charge in [-0.2, -0.15) is 5.10 Å². The standard InChI is InChI=1S/C22H24N4/c1-18(19-9-11-23-12-10-19)24-26-15-13-25(14-16-26)17-21-7-4-6-20-5-2-3-8-22(20)21/h2-12H,13-17H2,1H3/p+1/b24-18-. The minimum atomic E-state index is 1.00. The van der Waals surface area contributed by atoms with Crippen molar-refractivity contribution in [3.63, 3.8) is 0 Å². The number of piperazine rings is 1. The fourth-order valence-corrected chi connectivity index (χ4v) is 3.67. The van der Waals surface area contributed by atoms with Crippen LogP contribution in [0.1, 0.15) is 18.1 Å². The monoisotopic (exact) mass is 345 g/mol. The van der Waals surface area contributed by atoms with E-state index in [2.05, 4.69) is 59.4 Å². The molecule has 0 saturated carbocycles. The maximum absolute atomic E-state index is 4.81. The molecule has 1 N–H and O–H groups in total. The summed E-state index contributed by atoms with van der Waals surface area (Å²) in [5.41, 5.74) is 3.65. The molecule has 1 aromatic heterocycles. The van der Waals surface area contributed by atoms with Gasteiger partial charge in [-0.1, -0.05) is 42.5 Å². The van der Waals surface area contributed by atoms with E-state index in [-0.39, 0.29) is 0 Å². The van der Waals surface area contributed by atoms with Gasteiger partial charge in [0.15, 0.2) is 0 Å². The molecule has 0 atom stereocenters. The molecule has 26 heavy (non-hydrogen) atoms. The van der Waals surface area contributed by atoms with E-state index in [1.165, 1.54) is 16.3 Å². The van der Waals surface area contributed by atoms with Crippen LogP contribution in [0.15, 0.2) is 72.1 Å². The summed E-state index contributed by atoms with van der Waals surface area (Å²) in [6.45, 7) is 7.41. The Kier molecular flexibility index (Phi) is 4.93. The Morgan fingerprint density at radius 1 is 1.00 bits per heavy atom. The molecular formula is C22H25N4+. The van der Waals surface area contributed by atoms with Crippen LogP contribution < -0.4 is 4.90 Å². The molecule has 0 amide bonds. The predicted octanol–water partition coefficient (Wildman–Crippen LogP) is 2.36. The van der Waals surface area contributed by atoms with Crippen molar-refractivity contribution < 1.29 is 4.90 Å².